The number of carbonyl (C=O) groups is 2. The van der Waals surface area contributed by atoms with Gasteiger partial charge in [0.05, 0.1) is 35.8 Å². The Morgan fingerprint density at radius 1 is 1.02 bits per heavy atom. The molecule has 1 unspecified atom stereocenters. The van der Waals surface area contributed by atoms with Crippen molar-refractivity contribution in [3.05, 3.63) is 98.3 Å². The molecule has 3 aromatic carbocycles. The predicted molar refractivity (Wildman–Crippen MR) is 252 cm³/mol. The first-order valence-corrected chi connectivity index (χ1v) is 26.3. The number of phenolic OH excluding ortho intramolecular Hbond substituents is 1. The second-order valence-electron chi connectivity index (χ2n) is 19.4. The minimum absolute atomic E-state index is 0.00845. The van der Waals surface area contributed by atoms with E-state index in [4.69, 9.17) is 35.0 Å². The number of aromatic nitrogens is 1. The maximum absolute atomic E-state index is 14.0. The molecule has 3 aliphatic heterocycles. The zero-order chi connectivity index (χ0) is 45.6. The third-order valence-corrected chi connectivity index (χ3v) is 18.9. The van der Waals surface area contributed by atoms with Crippen molar-refractivity contribution in [2.75, 3.05) is 46.5 Å². The van der Waals surface area contributed by atoms with Crippen LogP contribution >= 0.6 is 11.6 Å². The maximum atomic E-state index is 14.0. The third-order valence-electron chi connectivity index (χ3n) is 14.1. The molecule has 1 aromatic heterocycles. The van der Waals surface area contributed by atoms with Gasteiger partial charge in [0.1, 0.15) is 23.4 Å². The number of nitrogens with zero attached hydrogens (tertiary/aromatic N) is 1. The fraction of sp³-hybridized carbons (Fsp3) is 0.540. The number of rotatable bonds is 18. The molecular weight excluding hydrogens is 850 g/mol. The Balaban J connectivity index is 0.919. The van der Waals surface area contributed by atoms with Gasteiger partial charge >= 0.3 is 11.9 Å². The number of nitrogens with one attached hydrogen (secondary N) is 2. The molecule has 0 radical (unpaired) electrons. The standard InChI is InChI=1S/C50H66ClN3O9Si/c1-49(2,3)64(5,6)63-43(37-15-17-40(55)47-38(37)16-18-45(56)53-47)30-52-29-35-27-39(51)42(28-41(35)59-4)61-32-46(57)60-25-11-13-33-12-10-14-36(26-33)50(21-8-7-9-22-50)48(58)62-44-31-54-23-19-34(44)20-24-54/h10,12,14-18,26-28,34,43-44,52,55H,7-9,11,13,19-25,29-32H2,1-6H3,(H,53,56)/t43?,44-/m0/s1. The van der Waals surface area contributed by atoms with E-state index in [1.807, 2.05) is 12.1 Å². The SMILES string of the molecule is COc1cc(OCC(=O)OCCCc2cccc(C3(C(=O)O[C@H]4CN5CCC4CC5)CCCCC3)c2)c(Cl)cc1CNCC(O[Si](C)(C)C(C)(C)C)c1ccc(O)c2[nH]c(=O)ccc12. The summed E-state index contributed by atoms with van der Waals surface area (Å²) in [6.07, 6.45) is 7.89. The summed E-state index contributed by atoms with van der Waals surface area (Å²) in [6, 6.07) is 18.4. The Bertz CT molecular complexity index is 2330. The van der Waals surface area contributed by atoms with Crippen LogP contribution in [0.15, 0.2) is 65.5 Å². The van der Waals surface area contributed by atoms with E-state index in [1.54, 1.807) is 31.4 Å². The quantitative estimate of drug-likeness (QED) is 0.0499. The van der Waals surface area contributed by atoms with Crippen molar-refractivity contribution in [2.45, 2.75) is 121 Å². The number of hydrogen-bond donors (Lipinski definition) is 3. The van der Waals surface area contributed by atoms with Crippen molar-refractivity contribution >= 4 is 42.8 Å². The number of carbonyl (C=O) groups excluding carboxylic acids is 2. The molecule has 8 rings (SSSR count). The van der Waals surface area contributed by atoms with Crippen molar-refractivity contribution in [3.8, 4) is 17.2 Å². The summed E-state index contributed by atoms with van der Waals surface area (Å²) in [5.74, 6) is 0.718. The number of aryl methyl sites for hydroxylation is 1. The molecule has 346 valence electrons. The molecule has 3 N–H and O–H groups in total. The molecule has 0 spiro atoms. The maximum Gasteiger partial charge on any atom is 0.344 e. The van der Waals surface area contributed by atoms with Crippen LogP contribution < -0.4 is 20.3 Å². The molecule has 2 bridgehead atoms. The lowest BCUT2D eigenvalue weighted by molar-refractivity contribution is -0.167. The van der Waals surface area contributed by atoms with Gasteiger partial charge in [0.2, 0.25) is 5.56 Å². The zero-order valence-corrected chi connectivity index (χ0v) is 40.1. The number of methoxy groups -OCH3 is 1. The zero-order valence-electron chi connectivity index (χ0n) is 38.4. The van der Waals surface area contributed by atoms with E-state index in [0.29, 0.717) is 59.3 Å². The number of hydrogen-bond acceptors (Lipinski definition) is 11. The van der Waals surface area contributed by atoms with E-state index in [-0.39, 0.29) is 41.6 Å². The number of aromatic hydroxyl groups is 1. The van der Waals surface area contributed by atoms with Crippen LogP contribution in [-0.2, 0) is 41.9 Å². The molecule has 64 heavy (non-hydrogen) atoms. The molecule has 1 aliphatic carbocycles. The molecule has 3 saturated heterocycles. The number of pyridine rings is 1. The van der Waals surface area contributed by atoms with Gasteiger partial charge in [-0.05, 0) is 111 Å². The smallest absolute Gasteiger partial charge is 0.344 e. The Kier molecular flexibility index (Phi) is 15.2. The van der Waals surface area contributed by atoms with Crippen molar-refractivity contribution in [3.63, 3.8) is 0 Å². The van der Waals surface area contributed by atoms with E-state index in [0.717, 1.165) is 86.8 Å². The predicted octanol–water partition coefficient (Wildman–Crippen LogP) is 9.14. The van der Waals surface area contributed by atoms with Crippen LogP contribution in [0.2, 0.25) is 23.2 Å². The average Bonchev–Trinajstić information content (AvgIpc) is 3.28. The van der Waals surface area contributed by atoms with Crippen LogP contribution in [0.3, 0.4) is 0 Å². The first-order valence-electron chi connectivity index (χ1n) is 23.0. The highest BCUT2D eigenvalue weighted by molar-refractivity contribution is 6.74. The van der Waals surface area contributed by atoms with E-state index in [2.05, 4.69) is 67.3 Å². The average molecular weight is 917 g/mol. The van der Waals surface area contributed by atoms with Crippen LogP contribution in [-0.4, -0.2) is 87.9 Å². The molecule has 2 atom stereocenters. The van der Waals surface area contributed by atoms with Gasteiger partial charge < -0.3 is 38.8 Å². The van der Waals surface area contributed by atoms with Crippen LogP contribution in [0.25, 0.3) is 10.9 Å². The molecule has 12 nitrogen and oxygen atoms in total. The minimum Gasteiger partial charge on any atom is -0.506 e. The van der Waals surface area contributed by atoms with Gasteiger partial charge in [-0.15, -0.1) is 0 Å². The molecule has 4 fully saturated rings. The molecule has 0 amide bonds. The number of halogens is 1. The summed E-state index contributed by atoms with van der Waals surface area (Å²) in [5.41, 5.74) is 3.22. The Morgan fingerprint density at radius 2 is 1.78 bits per heavy atom. The third kappa shape index (κ3) is 11.0. The lowest BCUT2D eigenvalue weighted by Gasteiger charge is -2.45. The second kappa shape index (κ2) is 20.4. The first kappa shape index (κ1) is 47.6. The number of ether oxygens (including phenoxy) is 4. The molecule has 4 heterocycles. The van der Waals surface area contributed by atoms with Crippen LogP contribution in [0.4, 0.5) is 0 Å². The molecule has 4 aliphatic rings. The number of benzene rings is 3. The van der Waals surface area contributed by atoms with E-state index < -0.39 is 25.8 Å². The number of esters is 2. The Morgan fingerprint density at radius 3 is 2.48 bits per heavy atom. The molecule has 4 aromatic rings. The lowest BCUT2D eigenvalue weighted by atomic mass is 9.69. The summed E-state index contributed by atoms with van der Waals surface area (Å²) >= 11 is 6.70. The number of phenols is 1. The molecular formula is C50H66ClN3O9Si. The van der Waals surface area contributed by atoms with Crippen molar-refractivity contribution in [1.29, 1.82) is 0 Å². The lowest BCUT2D eigenvalue weighted by Crippen LogP contribution is -2.53. The highest BCUT2D eigenvalue weighted by atomic mass is 35.5. The van der Waals surface area contributed by atoms with Crippen LogP contribution in [0, 0.1) is 5.92 Å². The van der Waals surface area contributed by atoms with Crippen molar-refractivity contribution in [1.82, 2.24) is 15.2 Å². The summed E-state index contributed by atoms with van der Waals surface area (Å²) in [7, 11) is -0.721. The van der Waals surface area contributed by atoms with E-state index >= 15 is 0 Å². The highest BCUT2D eigenvalue weighted by Crippen LogP contribution is 2.44. The van der Waals surface area contributed by atoms with E-state index in [1.165, 1.54) is 6.07 Å². The topological polar surface area (TPSA) is 149 Å². The van der Waals surface area contributed by atoms with Gasteiger partial charge in [-0.3, -0.25) is 14.5 Å². The Labute approximate surface area is 383 Å². The fourth-order valence-corrected chi connectivity index (χ4v) is 10.9. The van der Waals surface area contributed by atoms with Crippen LogP contribution in [0.1, 0.15) is 100 Å². The number of fused-ring (bicyclic) bond motifs is 4. The first-order chi connectivity index (χ1) is 30.6. The van der Waals surface area contributed by atoms with Gasteiger partial charge in [0, 0.05) is 42.7 Å². The highest BCUT2D eigenvalue weighted by Gasteiger charge is 2.46. The van der Waals surface area contributed by atoms with Gasteiger partial charge in [-0.25, -0.2) is 4.79 Å². The van der Waals surface area contributed by atoms with Gasteiger partial charge in [0.15, 0.2) is 14.9 Å². The summed E-state index contributed by atoms with van der Waals surface area (Å²) in [4.78, 5) is 44.2. The summed E-state index contributed by atoms with van der Waals surface area (Å²) in [5, 5.41) is 15.0. The van der Waals surface area contributed by atoms with Gasteiger partial charge in [0.25, 0.3) is 0 Å². The largest absolute Gasteiger partial charge is 0.506 e. The van der Waals surface area contributed by atoms with Gasteiger partial charge in [-0.2, -0.15) is 0 Å². The summed E-state index contributed by atoms with van der Waals surface area (Å²) in [6.45, 7) is 14.7. The number of piperidine rings is 3. The monoisotopic (exact) mass is 915 g/mol. The van der Waals surface area contributed by atoms with Crippen molar-refractivity contribution < 1.29 is 38.1 Å². The second-order valence-corrected chi connectivity index (χ2v) is 24.6. The Hall–Kier alpha value is -4.40. The minimum atomic E-state index is -2.28. The van der Waals surface area contributed by atoms with Crippen molar-refractivity contribution in [2.24, 2.45) is 5.92 Å². The van der Waals surface area contributed by atoms with E-state index in [9.17, 15) is 19.5 Å². The number of H-pyrrole nitrogens is 1. The molecule has 14 heteroatoms. The molecule has 1 saturated carbocycles. The fourth-order valence-electron chi connectivity index (χ4n) is 9.37. The van der Waals surface area contributed by atoms with Gasteiger partial charge in [-0.1, -0.05) is 82.0 Å². The normalized spacial score (nSPS) is 20.1. The van der Waals surface area contributed by atoms with Crippen LogP contribution in [0.5, 0.6) is 17.2 Å². The number of aromatic amines is 1. The summed E-state index contributed by atoms with van der Waals surface area (Å²) < 4.78 is 30.4.